The fraction of sp³-hybridized carbons (Fsp3) is 0.0294. The SMILES string of the molecule is C1=CCC(c2ccccc2-c2ccccc2)(N(c2ccc(-c3cc4ccccc4c4ccccc34)cc2)c2ccc(-c3cccc4c5ccccc5n(-c5ccccc5)c34)cc2)C(c2ccccc2)=C1. The van der Waals surface area contributed by atoms with E-state index in [0.717, 1.165) is 29.0 Å². The Balaban J connectivity index is 1.05. The van der Waals surface area contributed by atoms with Gasteiger partial charge in [0.15, 0.2) is 0 Å². The molecule has 1 unspecified atom stereocenters. The third kappa shape index (κ3) is 6.79. The van der Waals surface area contributed by atoms with E-state index in [4.69, 9.17) is 0 Å². The van der Waals surface area contributed by atoms with Crippen LogP contribution in [0.25, 0.3) is 88.0 Å². The Hall–Kier alpha value is -8.98. The lowest BCUT2D eigenvalue weighted by atomic mass is 9.70. The number of rotatable bonds is 9. The second-order valence-electron chi connectivity index (χ2n) is 18.4. The average molecular weight is 893 g/mol. The highest BCUT2D eigenvalue weighted by Gasteiger charge is 2.45. The normalized spacial score (nSPS) is 14.6. The maximum Gasteiger partial charge on any atom is 0.100 e. The van der Waals surface area contributed by atoms with Gasteiger partial charge in [-0.05, 0) is 121 Å². The fourth-order valence-electron chi connectivity index (χ4n) is 11.5. The monoisotopic (exact) mass is 892 g/mol. The van der Waals surface area contributed by atoms with Crippen molar-refractivity contribution >= 4 is 60.3 Å². The predicted octanol–water partition coefficient (Wildman–Crippen LogP) is 18.2. The molecule has 330 valence electrons. The van der Waals surface area contributed by atoms with Crippen LogP contribution in [0.1, 0.15) is 17.5 Å². The van der Waals surface area contributed by atoms with E-state index in [1.165, 1.54) is 87.9 Å². The van der Waals surface area contributed by atoms with Crippen molar-refractivity contribution < 1.29 is 0 Å². The van der Waals surface area contributed by atoms with E-state index in [0.29, 0.717) is 0 Å². The molecular weight excluding hydrogens is 845 g/mol. The molecule has 2 heteroatoms. The van der Waals surface area contributed by atoms with Gasteiger partial charge in [-0.2, -0.15) is 0 Å². The van der Waals surface area contributed by atoms with Crippen LogP contribution in [0.4, 0.5) is 11.4 Å². The lowest BCUT2D eigenvalue weighted by Gasteiger charge is -2.49. The summed E-state index contributed by atoms with van der Waals surface area (Å²) in [5.41, 5.74) is 15.9. The number of nitrogens with zero attached hydrogens (tertiary/aromatic N) is 2. The second-order valence-corrected chi connectivity index (χ2v) is 18.4. The highest BCUT2D eigenvalue weighted by Crippen LogP contribution is 2.54. The lowest BCUT2D eigenvalue weighted by molar-refractivity contribution is 0.568. The summed E-state index contributed by atoms with van der Waals surface area (Å²) in [5.74, 6) is 0. The van der Waals surface area contributed by atoms with Gasteiger partial charge in [0.1, 0.15) is 5.54 Å². The Morgan fingerprint density at radius 3 is 1.63 bits per heavy atom. The number of allylic oxidation sites excluding steroid dienone is 2. The first kappa shape index (κ1) is 41.2. The van der Waals surface area contributed by atoms with E-state index >= 15 is 0 Å². The molecule has 13 rings (SSSR count). The maximum absolute atomic E-state index is 2.63. The highest BCUT2D eigenvalue weighted by molar-refractivity contribution is 6.15. The molecule has 2 nitrogen and oxygen atoms in total. The van der Waals surface area contributed by atoms with E-state index in [-0.39, 0.29) is 0 Å². The van der Waals surface area contributed by atoms with Crippen molar-refractivity contribution in [3.63, 3.8) is 0 Å². The molecule has 0 bridgehead atoms. The molecule has 1 aliphatic carbocycles. The van der Waals surface area contributed by atoms with Crippen molar-refractivity contribution in [1.82, 2.24) is 4.57 Å². The summed E-state index contributed by atoms with van der Waals surface area (Å²) in [7, 11) is 0. The van der Waals surface area contributed by atoms with Crippen molar-refractivity contribution in [2.24, 2.45) is 0 Å². The van der Waals surface area contributed by atoms with Gasteiger partial charge in [-0.25, -0.2) is 0 Å². The van der Waals surface area contributed by atoms with Gasteiger partial charge < -0.3 is 9.47 Å². The minimum absolute atomic E-state index is 0.680. The van der Waals surface area contributed by atoms with Crippen LogP contribution in [-0.2, 0) is 5.54 Å². The Labute approximate surface area is 409 Å². The van der Waals surface area contributed by atoms with Crippen LogP contribution in [0.15, 0.2) is 279 Å². The molecule has 0 amide bonds. The van der Waals surface area contributed by atoms with Gasteiger partial charge >= 0.3 is 0 Å². The summed E-state index contributed by atoms with van der Waals surface area (Å²) in [6.07, 6.45) is 7.69. The highest BCUT2D eigenvalue weighted by atomic mass is 15.2. The smallest absolute Gasteiger partial charge is 0.100 e. The van der Waals surface area contributed by atoms with Crippen LogP contribution in [0.3, 0.4) is 0 Å². The quantitative estimate of drug-likeness (QED) is 0.131. The zero-order valence-corrected chi connectivity index (χ0v) is 38.7. The number of benzene rings is 11. The van der Waals surface area contributed by atoms with Gasteiger partial charge in [0.2, 0.25) is 0 Å². The first-order valence-corrected chi connectivity index (χ1v) is 24.3. The van der Waals surface area contributed by atoms with Gasteiger partial charge in [-0.15, -0.1) is 0 Å². The Morgan fingerprint density at radius 1 is 0.371 bits per heavy atom. The number of para-hydroxylation sites is 3. The van der Waals surface area contributed by atoms with Crippen molar-refractivity contribution in [3.05, 3.63) is 290 Å². The summed E-state index contributed by atoms with van der Waals surface area (Å²) in [4.78, 5) is 2.63. The maximum atomic E-state index is 2.63. The zero-order chi connectivity index (χ0) is 46.4. The summed E-state index contributed by atoms with van der Waals surface area (Å²) >= 11 is 0. The molecule has 1 heterocycles. The Morgan fingerprint density at radius 2 is 0.900 bits per heavy atom. The third-order valence-electron chi connectivity index (χ3n) is 14.5. The van der Waals surface area contributed by atoms with Crippen LogP contribution >= 0.6 is 0 Å². The van der Waals surface area contributed by atoms with E-state index in [9.17, 15) is 0 Å². The molecule has 12 aromatic rings. The molecule has 0 radical (unpaired) electrons. The van der Waals surface area contributed by atoms with Gasteiger partial charge in [0, 0.05) is 33.4 Å². The molecule has 1 aliphatic rings. The zero-order valence-electron chi connectivity index (χ0n) is 38.7. The Kier molecular flexibility index (Phi) is 10.2. The van der Waals surface area contributed by atoms with Crippen molar-refractivity contribution in [1.29, 1.82) is 0 Å². The number of hydrogen-bond acceptors (Lipinski definition) is 1. The van der Waals surface area contributed by atoms with Crippen LogP contribution < -0.4 is 4.90 Å². The van der Waals surface area contributed by atoms with Crippen LogP contribution in [-0.4, -0.2) is 4.57 Å². The standard InChI is InChI=1S/C68H48N2/c1-4-21-48(22-5-1)57-29-14-16-36-65(57)68(46-19-18-35-64(68)51-23-6-2-7-24-51)70(55-44-40-50(41-45-55)63-47-52-25-10-11-28-56(52)59-30-12-13-31-60(59)63)54-42-38-49(39-43-54)58-33-20-34-62-61-32-15-17-37-66(61)69(67(58)62)53-26-8-3-9-27-53/h1-45,47H,46H2. The van der Waals surface area contributed by atoms with Gasteiger partial charge in [-0.1, -0.05) is 231 Å². The summed E-state index contributed by atoms with van der Waals surface area (Å²) < 4.78 is 2.43. The minimum Gasteiger partial charge on any atom is -0.327 e. The van der Waals surface area contributed by atoms with Crippen molar-refractivity contribution in [2.75, 3.05) is 4.90 Å². The van der Waals surface area contributed by atoms with Crippen molar-refractivity contribution in [3.8, 4) is 39.1 Å². The molecule has 0 spiro atoms. The molecule has 0 fully saturated rings. The molecular formula is C68H48N2. The topological polar surface area (TPSA) is 8.17 Å². The molecule has 0 N–H and O–H groups in total. The summed E-state index contributed by atoms with van der Waals surface area (Å²) in [6.45, 7) is 0. The number of anilines is 2. The van der Waals surface area contributed by atoms with Crippen molar-refractivity contribution in [2.45, 2.75) is 12.0 Å². The molecule has 1 atom stereocenters. The fourth-order valence-corrected chi connectivity index (χ4v) is 11.5. The molecule has 1 aromatic heterocycles. The molecule has 0 saturated heterocycles. The summed E-state index contributed by atoms with van der Waals surface area (Å²) in [5, 5.41) is 7.52. The van der Waals surface area contributed by atoms with Crippen LogP contribution in [0.2, 0.25) is 0 Å². The lowest BCUT2D eigenvalue weighted by Crippen LogP contribution is -2.45. The van der Waals surface area contributed by atoms with Gasteiger partial charge in [0.25, 0.3) is 0 Å². The summed E-state index contributed by atoms with van der Waals surface area (Å²) in [6, 6.07) is 95.9. The minimum atomic E-state index is -0.680. The first-order valence-electron chi connectivity index (χ1n) is 24.3. The van der Waals surface area contributed by atoms with Gasteiger partial charge in [-0.3, -0.25) is 0 Å². The number of hydrogen-bond donors (Lipinski definition) is 0. The van der Waals surface area contributed by atoms with Gasteiger partial charge in [0.05, 0.1) is 11.0 Å². The predicted molar refractivity (Wildman–Crippen MR) is 297 cm³/mol. The molecule has 0 saturated carbocycles. The first-order chi connectivity index (χ1) is 34.7. The average Bonchev–Trinajstić information content (AvgIpc) is 3.79. The number of aromatic nitrogens is 1. The van der Waals surface area contributed by atoms with E-state index in [1.807, 2.05) is 0 Å². The number of fused-ring (bicyclic) bond motifs is 6. The van der Waals surface area contributed by atoms with Crippen LogP contribution in [0.5, 0.6) is 0 Å². The third-order valence-corrected chi connectivity index (χ3v) is 14.5. The molecule has 70 heavy (non-hydrogen) atoms. The van der Waals surface area contributed by atoms with E-state index in [1.54, 1.807) is 0 Å². The van der Waals surface area contributed by atoms with Crippen LogP contribution in [0, 0.1) is 0 Å². The Bertz CT molecular complexity index is 3940. The second kappa shape index (κ2) is 17.3. The molecule has 11 aromatic carbocycles. The van der Waals surface area contributed by atoms with E-state index < -0.39 is 5.54 Å². The van der Waals surface area contributed by atoms with E-state index in [2.05, 4.69) is 289 Å². The largest absolute Gasteiger partial charge is 0.327 e. The molecule has 0 aliphatic heterocycles.